The highest BCUT2D eigenvalue weighted by Gasteiger charge is 2.23. The average molecular weight is 1090 g/mol. The predicted octanol–water partition coefficient (Wildman–Crippen LogP) is 20.3. The third-order valence-electron chi connectivity index (χ3n) is 15.3. The summed E-state index contributed by atoms with van der Waals surface area (Å²) in [5, 5.41) is 13.9. The first kappa shape index (κ1) is 74.7. The Morgan fingerprint density at radius 2 is 0.737 bits per heavy atom. The highest BCUT2D eigenvalue weighted by Crippen LogP contribution is 2.38. The van der Waals surface area contributed by atoms with Crippen molar-refractivity contribution in [1.82, 2.24) is 5.32 Å². The Bertz CT molecular complexity index is 1330. The van der Waals surface area contributed by atoms with Gasteiger partial charge in [-0.3, -0.25) is 9.36 Å². The van der Waals surface area contributed by atoms with Gasteiger partial charge in [0.1, 0.15) is 13.2 Å². The summed E-state index contributed by atoms with van der Waals surface area (Å²) in [6, 6.07) is -0.909. The number of aliphatic hydroxyl groups excluding tert-OH is 1. The Morgan fingerprint density at radius 1 is 0.447 bits per heavy atom. The van der Waals surface area contributed by atoms with Crippen molar-refractivity contribution in [2.45, 2.75) is 347 Å². The zero-order chi connectivity index (χ0) is 55.6. The second-order valence-electron chi connectivity index (χ2n) is 24.2. The summed E-state index contributed by atoms with van der Waals surface area (Å²) in [6.45, 7) is 4.68. The zero-order valence-corrected chi connectivity index (χ0v) is 52.4. The Balaban J connectivity index is 4.15. The smallest absolute Gasteiger partial charge is 0.268 e. The first-order valence-electron chi connectivity index (χ1n) is 33.4. The Morgan fingerprint density at radius 3 is 1.07 bits per heavy atom. The highest BCUT2D eigenvalue weighted by atomic mass is 31.2. The number of rotatable bonds is 62. The maximum absolute atomic E-state index is 13.0. The number of hydrogen-bond acceptors (Lipinski definition) is 6. The van der Waals surface area contributed by atoms with Crippen molar-refractivity contribution in [3.05, 3.63) is 36.5 Å². The lowest BCUT2D eigenvalue weighted by atomic mass is 10.0. The first-order chi connectivity index (χ1) is 37.0. The topological polar surface area (TPSA) is 108 Å². The molecular formula is C67H131N2O6P. The van der Waals surface area contributed by atoms with Gasteiger partial charge in [0, 0.05) is 6.42 Å². The van der Waals surface area contributed by atoms with Crippen LogP contribution in [0.4, 0.5) is 0 Å². The third-order valence-corrected chi connectivity index (χ3v) is 16.3. The summed E-state index contributed by atoms with van der Waals surface area (Å²) in [5.74, 6) is -0.204. The van der Waals surface area contributed by atoms with Gasteiger partial charge in [0.15, 0.2) is 0 Å². The molecule has 0 radical (unpaired) electrons. The number of carbonyl (C=O) groups is 1. The molecule has 450 valence electrons. The van der Waals surface area contributed by atoms with Crippen LogP contribution in [0.15, 0.2) is 36.5 Å². The molecule has 0 heterocycles. The maximum Gasteiger partial charge on any atom is 0.268 e. The highest BCUT2D eigenvalue weighted by molar-refractivity contribution is 7.45. The van der Waals surface area contributed by atoms with Gasteiger partial charge in [-0.1, -0.05) is 320 Å². The largest absolute Gasteiger partial charge is 0.756 e. The monoisotopic (exact) mass is 1090 g/mol. The number of phosphoric ester groups is 1. The molecule has 0 rings (SSSR count). The van der Waals surface area contributed by atoms with Crippen LogP contribution in [0.3, 0.4) is 0 Å². The molecule has 76 heavy (non-hydrogen) atoms. The second-order valence-corrected chi connectivity index (χ2v) is 25.6. The Kier molecular flexibility index (Phi) is 57.4. The molecule has 0 aliphatic carbocycles. The van der Waals surface area contributed by atoms with Gasteiger partial charge in [0.05, 0.1) is 39.9 Å². The molecule has 0 saturated carbocycles. The van der Waals surface area contributed by atoms with Crippen LogP contribution in [-0.4, -0.2) is 68.5 Å². The average Bonchev–Trinajstić information content (AvgIpc) is 3.38. The van der Waals surface area contributed by atoms with E-state index in [1.807, 2.05) is 27.2 Å². The number of likely N-dealkylation sites (N-methyl/N-ethyl adjacent to an activating group) is 1. The molecule has 1 amide bonds. The Hall–Kier alpha value is -1.28. The molecule has 0 aromatic carbocycles. The van der Waals surface area contributed by atoms with Gasteiger partial charge < -0.3 is 28.8 Å². The van der Waals surface area contributed by atoms with E-state index in [9.17, 15) is 19.4 Å². The van der Waals surface area contributed by atoms with E-state index < -0.39 is 26.6 Å². The van der Waals surface area contributed by atoms with E-state index in [2.05, 4.69) is 43.5 Å². The van der Waals surface area contributed by atoms with Gasteiger partial charge in [0.2, 0.25) is 5.91 Å². The molecule has 9 heteroatoms. The molecule has 8 nitrogen and oxygen atoms in total. The number of unbranched alkanes of at least 4 members (excludes halogenated alkanes) is 45. The van der Waals surface area contributed by atoms with Crippen molar-refractivity contribution in [1.29, 1.82) is 0 Å². The van der Waals surface area contributed by atoms with E-state index in [1.165, 1.54) is 270 Å². The maximum atomic E-state index is 13.0. The molecule has 2 N–H and O–H groups in total. The predicted molar refractivity (Wildman–Crippen MR) is 330 cm³/mol. The van der Waals surface area contributed by atoms with Crippen LogP contribution in [0, 0.1) is 0 Å². The van der Waals surface area contributed by atoms with Crippen LogP contribution < -0.4 is 10.2 Å². The molecule has 0 aromatic heterocycles. The fraction of sp³-hybridized carbons (Fsp3) is 0.896. The minimum absolute atomic E-state index is 0.00713. The van der Waals surface area contributed by atoms with Crippen LogP contribution in [0.25, 0.3) is 0 Å². The van der Waals surface area contributed by atoms with Crippen molar-refractivity contribution in [2.24, 2.45) is 0 Å². The summed E-state index contributed by atoms with van der Waals surface area (Å²) in [6.07, 6.45) is 76.9. The fourth-order valence-corrected chi connectivity index (χ4v) is 10.9. The van der Waals surface area contributed by atoms with Crippen LogP contribution >= 0.6 is 7.82 Å². The number of allylic oxidation sites excluding steroid dienone is 5. The Labute approximate surface area is 474 Å². The molecule has 3 atom stereocenters. The molecule has 0 fully saturated rings. The number of amides is 1. The lowest BCUT2D eigenvalue weighted by molar-refractivity contribution is -0.870. The molecule has 0 bridgehead atoms. The van der Waals surface area contributed by atoms with E-state index in [0.717, 1.165) is 44.9 Å². The number of quaternary nitrogens is 1. The van der Waals surface area contributed by atoms with Crippen LogP contribution in [0.2, 0.25) is 0 Å². The van der Waals surface area contributed by atoms with Crippen molar-refractivity contribution in [2.75, 3.05) is 40.9 Å². The lowest BCUT2D eigenvalue weighted by Crippen LogP contribution is -2.45. The minimum atomic E-state index is -4.61. The summed E-state index contributed by atoms with van der Waals surface area (Å²) < 4.78 is 23.4. The second kappa shape index (κ2) is 58.4. The normalized spacial score (nSPS) is 13.9. The number of nitrogens with one attached hydrogen (secondary N) is 1. The molecular weight excluding hydrogens is 960 g/mol. The van der Waals surface area contributed by atoms with Gasteiger partial charge in [-0.05, 0) is 44.9 Å². The number of hydrogen-bond donors (Lipinski definition) is 2. The van der Waals surface area contributed by atoms with E-state index >= 15 is 0 Å². The standard InChI is InChI=1S/C67H131N2O6P/c1-6-8-10-12-14-16-18-20-22-24-26-28-30-32-34-35-36-38-40-42-44-46-48-50-52-54-56-58-60-66(70)65(64-75-76(72,73)74-63-62-69(3,4)5)68-67(71)61-59-57-55-53-51-49-47-45-43-41-39-37-33-31-29-27-25-23-21-19-17-15-13-11-9-7-2/h42,44,50,52,58,60,65-66,70H,6-41,43,45-49,51,53-57,59,61-64H2,1-5H3,(H-,68,71,72,73)/b44-42+,52-50+,60-58+. The van der Waals surface area contributed by atoms with E-state index in [4.69, 9.17) is 9.05 Å². The van der Waals surface area contributed by atoms with Crippen LogP contribution in [-0.2, 0) is 18.4 Å². The van der Waals surface area contributed by atoms with Crippen molar-refractivity contribution in [3.63, 3.8) is 0 Å². The number of nitrogens with zero attached hydrogens (tertiary/aromatic N) is 1. The molecule has 0 aliphatic heterocycles. The third kappa shape index (κ3) is 60.4. The van der Waals surface area contributed by atoms with Crippen molar-refractivity contribution >= 4 is 13.7 Å². The van der Waals surface area contributed by atoms with E-state index in [-0.39, 0.29) is 12.5 Å². The van der Waals surface area contributed by atoms with Crippen LogP contribution in [0.1, 0.15) is 335 Å². The summed E-state index contributed by atoms with van der Waals surface area (Å²) in [7, 11) is 1.25. The number of carbonyl (C=O) groups excluding carboxylic acids is 1. The van der Waals surface area contributed by atoms with Gasteiger partial charge in [-0.15, -0.1) is 0 Å². The van der Waals surface area contributed by atoms with Gasteiger partial charge in [0.25, 0.3) is 7.82 Å². The zero-order valence-electron chi connectivity index (χ0n) is 51.5. The molecule has 3 unspecified atom stereocenters. The van der Waals surface area contributed by atoms with Crippen LogP contribution in [0.5, 0.6) is 0 Å². The molecule has 0 aliphatic rings. The molecule has 0 aromatic rings. The van der Waals surface area contributed by atoms with Crippen molar-refractivity contribution < 1.29 is 32.9 Å². The van der Waals surface area contributed by atoms with Gasteiger partial charge in [-0.2, -0.15) is 0 Å². The SMILES string of the molecule is CCCCCCCCCCCCCCCCCCCC/C=C/CC/C=C/CC/C=C/C(O)C(COP(=O)([O-])OCC[N+](C)(C)C)NC(=O)CCCCCCCCCCCCCCCCCCCCCCCCCCCC. The minimum Gasteiger partial charge on any atom is -0.756 e. The molecule has 0 spiro atoms. The summed E-state index contributed by atoms with van der Waals surface area (Å²) >= 11 is 0. The number of phosphoric acid groups is 1. The lowest BCUT2D eigenvalue weighted by Gasteiger charge is -2.29. The van der Waals surface area contributed by atoms with Crippen molar-refractivity contribution in [3.8, 4) is 0 Å². The quantitative estimate of drug-likeness (QED) is 0.0272. The van der Waals surface area contributed by atoms with E-state index in [1.54, 1.807) is 6.08 Å². The summed E-state index contributed by atoms with van der Waals surface area (Å²) in [4.78, 5) is 25.6. The fourth-order valence-electron chi connectivity index (χ4n) is 10.1. The molecule has 0 saturated heterocycles. The van der Waals surface area contributed by atoms with Gasteiger partial charge >= 0.3 is 0 Å². The van der Waals surface area contributed by atoms with E-state index in [0.29, 0.717) is 17.4 Å². The first-order valence-corrected chi connectivity index (χ1v) is 34.8. The number of aliphatic hydroxyl groups is 1. The summed E-state index contributed by atoms with van der Waals surface area (Å²) in [5.41, 5.74) is 0. The van der Waals surface area contributed by atoms with Gasteiger partial charge in [-0.25, -0.2) is 0 Å².